The molecule has 3 rings (SSSR count). The molecule has 0 spiro atoms. The highest BCUT2D eigenvalue weighted by Crippen LogP contribution is 2.17. The summed E-state index contributed by atoms with van der Waals surface area (Å²) in [7, 11) is 0. The van der Waals surface area contributed by atoms with Gasteiger partial charge in [-0.25, -0.2) is 14.6 Å². The van der Waals surface area contributed by atoms with Crippen LogP contribution in [0.1, 0.15) is 25.5 Å². The van der Waals surface area contributed by atoms with Crippen molar-refractivity contribution >= 4 is 32.8 Å². The maximum Gasteiger partial charge on any atom is 0.157 e. The lowest BCUT2D eigenvalue weighted by atomic mass is 10.2. The molecule has 0 aliphatic carbocycles. The van der Waals surface area contributed by atoms with Crippen molar-refractivity contribution in [3.63, 3.8) is 0 Å². The number of rotatable bonds is 4. The maximum absolute atomic E-state index is 4.52. The average Bonchev–Trinajstić information content (AvgIpc) is 2.90. The number of halogens is 1. The van der Waals surface area contributed by atoms with Gasteiger partial charge in [0.25, 0.3) is 0 Å². The zero-order valence-corrected chi connectivity index (χ0v) is 13.5. The number of aromatic nitrogens is 4. The van der Waals surface area contributed by atoms with Crippen molar-refractivity contribution in [1.82, 2.24) is 19.7 Å². The first kappa shape index (κ1) is 14.0. The van der Waals surface area contributed by atoms with Gasteiger partial charge in [0.05, 0.1) is 6.20 Å². The predicted molar refractivity (Wildman–Crippen MR) is 87.2 cm³/mol. The van der Waals surface area contributed by atoms with Gasteiger partial charge in [0.15, 0.2) is 5.65 Å². The van der Waals surface area contributed by atoms with Crippen LogP contribution < -0.4 is 5.32 Å². The Morgan fingerprint density at radius 3 is 2.76 bits per heavy atom. The molecule has 0 radical (unpaired) electrons. The normalized spacial score (nSPS) is 11.2. The molecule has 21 heavy (non-hydrogen) atoms. The SMILES string of the molecule is CC(C)n1ncc2cc(CNc3ccc(Br)cn3)cnc21. The molecule has 1 N–H and O–H groups in total. The summed E-state index contributed by atoms with van der Waals surface area (Å²) in [6, 6.07) is 6.32. The van der Waals surface area contributed by atoms with E-state index in [2.05, 4.69) is 56.2 Å². The summed E-state index contributed by atoms with van der Waals surface area (Å²) in [5, 5.41) is 8.73. The van der Waals surface area contributed by atoms with E-state index < -0.39 is 0 Å². The molecule has 0 unspecified atom stereocenters. The topological polar surface area (TPSA) is 55.6 Å². The van der Waals surface area contributed by atoms with Crippen molar-refractivity contribution in [2.45, 2.75) is 26.4 Å². The van der Waals surface area contributed by atoms with Gasteiger partial charge in [-0.1, -0.05) is 0 Å². The van der Waals surface area contributed by atoms with Gasteiger partial charge >= 0.3 is 0 Å². The lowest BCUT2D eigenvalue weighted by molar-refractivity contribution is 0.546. The zero-order valence-electron chi connectivity index (χ0n) is 11.9. The van der Waals surface area contributed by atoms with Crippen LogP contribution >= 0.6 is 15.9 Å². The Kier molecular flexibility index (Phi) is 3.88. The molecule has 6 heteroatoms. The first-order chi connectivity index (χ1) is 10.1. The fourth-order valence-corrected chi connectivity index (χ4v) is 2.37. The fourth-order valence-electron chi connectivity index (χ4n) is 2.13. The van der Waals surface area contributed by atoms with Crippen LogP contribution in [0.2, 0.25) is 0 Å². The molecule has 5 nitrogen and oxygen atoms in total. The number of pyridine rings is 2. The minimum Gasteiger partial charge on any atom is -0.366 e. The van der Waals surface area contributed by atoms with Crippen LogP contribution in [0.3, 0.4) is 0 Å². The molecule has 0 saturated carbocycles. The second-order valence-electron chi connectivity index (χ2n) is 5.15. The number of anilines is 1. The summed E-state index contributed by atoms with van der Waals surface area (Å²) in [6.45, 7) is 4.88. The molecule has 0 aliphatic rings. The van der Waals surface area contributed by atoms with Crippen molar-refractivity contribution in [1.29, 1.82) is 0 Å². The van der Waals surface area contributed by atoms with E-state index >= 15 is 0 Å². The molecular formula is C15H16BrN5. The van der Waals surface area contributed by atoms with Gasteiger partial charge in [-0.2, -0.15) is 5.10 Å². The van der Waals surface area contributed by atoms with Crippen molar-refractivity contribution in [3.8, 4) is 0 Å². The van der Waals surface area contributed by atoms with Gasteiger partial charge in [0.1, 0.15) is 5.82 Å². The van der Waals surface area contributed by atoms with E-state index in [0.29, 0.717) is 12.6 Å². The van der Waals surface area contributed by atoms with Crippen molar-refractivity contribution in [2.24, 2.45) is 0 Å². The lowest BCUT2D eigenvalue weighted by Crippen LogP contribution is -2.04. The van der Waals surface area contributed by atoms with E-state index in [4.69, 9.17) is 0 Å². The predicted octanol–water partition coefficient (Wildman–Crippen LogP) is 3.78. The summed E-state index contributed by atoms with van der Waals surface area (Å²) in [4.78, 5) is 8.81. The van der Waals surface area contributed by atoms with Crippen LogP contribution in [0.15, 0.2) is 41.3 Å². The summed E-state index contributed by atoms with van der Waals surface area (Å²) in [5.41, 5.74) is 2.03. The van der Waals surface area contributed by atoms with E-state index in [1.807, 2.05) is 29.2 Å². The highest BCUT2D eigenvalue weighted by molar-refractivity contribution is 9.10. The first-order valence-corrected chi connectivity index (χ1v) is 7.60. The molecule has 3 heterocycles. The second-order valence-corrected chi connectivity index (χ2v) is 6.07. The summed E-state index contributed by atoms with van der Waals surface area (Å²) in [5.74, 6) is 0.844. The molecule has 0 aliphatic heterocycles. The number of nitrogens with zero attached hydrogens (tertiary/aromatic N) is 4. The Hall–Kier alpha value is -1.95. The van der Waals surface area contributed by atoms with Gasteiger partial charge in [0, 0.05) is 34.8 Å². The van der Waals surface area contributed by atoms with E-state index in [0.717, 1.165) is 26.9 Å². The third kappa shape index (κ3) is 3.05. The van der Waals surface area contributed by atoms with Gasteiger partial charge in [-0.15, -0.1) is 0 Å². The minimum atomic E-state index is 0.311. The Balaban J connectivity index is 1.77. The molecule has 108 valence electrons. The monoisotopic (exact) mass is 345 g/mol. The molecule has 3 aromatic rings. The largest absolute Gasteiger partial charge is 0.366 e. The zero-order chi connectivity index (χ0) is 14.8. The summed E-state index contributed by atoms with van der Waals surface area (Å²) < 4.78 is 2.90. The number of hydrogen-bond acceptors (Lipinski definition) is 4. The Labute approximate surface area is 131 Å². The van der Waals surface area contributed by atoms with E-state index in [-0.39, 0.29) is 0 Å². The van der Waals surface area contributed by atoms with Gasteiger partial charge < -0.3 is 5.32 Å². The van der Waals surface area contributed by atoms with Crippen LogP contribution in [-0.2, 0) is 6.54 Å². The first-order valence-electron chi connectivity index (χ1n) is 6.81. The quantitative estimate of drug-likeness (QED) is 0.781. The van der Waals surface area contributed by atoms with Crippen molar-refractivity contribution in [2.75, 3.05) is 5.32 Å². The van der Waals surface area contributed by atoms with Gasteiger partial charge in [-0.05, 0) is 53.5 Å². The van der Waals surface area contributed by atoms with E-state index in [9.17, 15) is 0 Å². The third-order valence-electron chi connectivity index (χ3n) is 3.18. The summed E-state index contributed by atoms with van der Waals surface area (Å²) in [6.07, 6.45) is 5.52. The Bertz CT molecular complexity index is 748. The second kappa shape index (κ2) is 5.81. The van der Waals surface area contributed by atoms with E-state index in [1.165, 1.54) is 0 Å². The highest BCUT2D eigenvalue weighted by Gasteiger charge is 2.07. The molecule has 0 bridgehead atoms. The van der Waals surface area contributed by atoms with Crippen molar-refractivity contribution < 1.29 is 0 Å². The van der Waals surface area contributed by atoms with Gasteiger partial charge in [0.2, 0.25) is 0 Å². The summed E-state index contributed by atoms with van der Waals surface area (Å²) >= 11 is 3.37. The molecular weight excluding hydrogens is 330 g/mol. The number of nitrogens with one attached hydrogen (secondary N) is 1. The Morgan fingerprint density at radius 1 is 1.19 bits per heavy atom. The molecule has 0 saturated heterocycles. The maximum atomic E-state index is 4.52. The smallest absolute Gasteiger partial charge is 0.157 e. The molecule has 0 fully saturated rings. The van der Waals surface area contributed by atoms with Crippen LogP contribution in [0.4, 0.5) is 5.82 Å². The lowest BCUT2D eigenvalue weighted by Gasteiger charge is -2.07. The average molecular weight is 346 g/mol. The van der Waals surface area contributed by atoms with Crippen LogP contribution in [0.5, 0.6) is 0 Å². The van der Waals surface area contributed by atoms with Crippen LogP contribution in [0.25, 0.3) is 11.0 Å². The molecule has 3 aromatic heterocycles. The molecule has 0 amide bonds. The van der Waals surface area contributed by atoms with Crippen LogP contribution in [0, 0.1) is 0 Å². The van der Waals surface area contributed by atoms with Gasteiger partial charge in [-0.3, -0.25) is 0 Å². The molecule has 0 aromatic carbocycles. The van der Waals surface area contributed by atoms with E-state index in [1.54, 1.807) is 6.20 Å². The molecule has 0 atom stereocenters. The number of hydrogen-bond donors (Lipinski definition) is 1. The Morgan fingerprint density at radius 2 is 2.05 bits per heavy atom. The third-order valence-corrected chi connectivity index (χ3v) is 3.65. The minimum absolute atomic E-state index is 0.311. The highest BCUT2D eigenvalue weighted by atomic mass is 79.9. The standard InChI is InChI=1S/C15H16BrN5/c1-10(2)21-15-12(8-20-21)5-11(7-19-15)6-17-14-4-3-13(16)9-18-14/h3-5,7-10H,6H2,1-2H3,(H,17,18). The number of fused-ring (bicyclic) bond motifs is 1. The van der Waals surface area contributed by atoms with Crippen molar-refractivity contribution in [3.05, 3.63) is 46.8 Å². The fraction of sp³-hybridized carbons (Fsp3) is 0.267. The van der Waals surface area contributed by atoms with Crippen LogP contribution in [-0.4, -0.2) is 19.7 Å².